The Morgan fingerprint density at radius 2 is 2.00 bits per heavy atom. The summed E-state index contributed by atoms with van der Waals surface area (Å²) in [6.45, 7) is 1.90. The Hall–Kier alpha value is -2.91. The second-order valence-electron chi connectivity index (χ2n) is 5.31. The highest BCUT2D eigenvalue weighted by atomic mass is 16.6. The summed E-state index contributed by atoms with van der Waals surface area (Å²) in [4.78, 5) is 10.2. The summed E-state index contributed by atoms with van der Waals surface area (Å²) in [7, 11) is 0. The van der Waals surface area contributed by atoms with Crippen LogP contribution in [-0.4, -0.2) is 16.1 Å². The quantitative estimate of drug-likeness (QED) is 0.629. The predicted molar refractivity (Wildman–Crippen MR) is 86.9 cm³/mol. The van der Waals surface area contributed by atoms with Crippen molar-refractivity contribution < 1.29 is 10.0 Å². The van der Waals surface area contributed by atoms with Gasteiger partial charge in [0.05, 0.1) is 11.0 Å². The number of hydrogen-bond acceptors (Lipinski definition) is 5. The van der Waals surface area contributed by atoms with Gasteiger partial charge in [0.1, 0.15) is 11.6 Å². The molecule has 0 aliphatic heterocycles. The molecule has 0 bridgehead atoms. The molecule has 0 heterocycles. The smallest absolute Gasteiger partial charge is 0.287 e. The standard InChI is InChI=1S/C17H17N3O3/c1-12(9-17(21)13-5-3-2-4-6-13)19-15-7-8-16(20(22)23)14(10-15)11-18/h2-8,10,12,17,19,21H,9H2,1H3/t12-,17+/m1/s1. The average molecular weight is 311 g/mol. The highest BCUT2D eigenvalue weighted by Gasteiger charge is 2.16. The van der Waals surface area contributed by atoms with Crippen LogP contribution in [0, 0.1) is 21.4 Å². The van der Waals surface area contributed by atoms with E-state index < -0.39 is 11.0 Å². The van der Waals surface area contributed by atoms with Crippen molar-refractivity contribution in [2.45, 2.75) is 25.5 Å². The van der Waals surface area contributed by atoms with Gasteiger partial charge in [-0.15, -0.1) is 0 Å². The van der Waals surface area contributed by atoms with Crippen molar-refractivity contribution in [2.75, 3.05) is 5.32 Å². The molecular weight excluding hydrogens is 294 g/mol. The van der Waals surface area contributed by atoms with Gasteiger partial charge in [-0.1, -0.05) is 30.3 Å². The third-order valence-electron chi connectivity index (χ3n) is 3.49. The number of nitrogens with zero attached hydrogens (tertiary/aromatic N) is 2. The fourth-order valence-corrected chi connectivity index (χ4v) is 2.36. The number of nitriles is 1. The van der Waals surface area contributed by atoms with Crippen LogP contribution >= 0.6 is 0 Å². The minimum atomic E-state index is -0.604. The van der Waals surface area contributed by atoms with Crippen LogP contribution in [-0.2, 0) is 0 Å². The molecule has 2 aromatic rings. The number of nitro groups is 1. The Kier molecular flexibility index (Phi) is 5.28. The van der Waals surface area contributed by atoms with Crippen LogP contribution in [0.25, 0.3) is 0 Å². The Labute approximate surface area is 134 Å². The molecule has 6 nitrogen and oxygen atoms in total. The SMILES string of the molecule is C[C@H](C[C@H](O)c1ccccc1)Nc1ccc([N+](=O)[O-])c(C#N)c1. The maximum absolute atomic E-state index is 10.8. The van der Waals surface area contributed by atoms with E-state index in [1.807, 2.05) is 43.3 Å². The second kappa shape index (κ2) is 7.38. The van der Waals surface area contributed by atoms with E-state index in [9.17, 15) is 15.2 Å². The molecule has 0 aliphatic rings. The Balaban J connectivity index is 2.04. The summed E-state index contributed by atoms with van der Waals surface area (Å²) in [5.74, 6) is 0. The molecule has 2 atom stereocenters. The Bertz CT molecular complexity index is 726. The summed E-state index contributed by atoms with van der Waals surface area (Å²) in [5.41, 5.74) is 1.24. The van der Waals surface area contributed by atoms with Crippen molar-refractivity contribution in [1.82, 2.24) is 0 Å². The highest BCUT2D eigenvalue weighted by molar-refractivity contribution is 5.58. The Morgan fingerprint density at radius 3 is 2.61 bits per heavy atom. The molecule has 0 saturated carbocycles. The molecule has 118 valence electrons. The van der Waals surface area contributed by atoms with E-state index in [0.29, 0.717) is 12.1 Å². The van der Waals surface area contributed by atoms with Gasteiger partial charge in [-0.05, 0) is 31.0 Å². The Morgan fingerprint density at radius 1 is 1.30 bits per heavy atom. The first-order valence-electron chi connectivity index (χ1n) is 7.19. The van der Waals surface area contributed by atoms with Gasteiger partial charge in [-0.2, -0.15) is 5.26 Å². The number of rotatable bonds is 6. The number of aliphatic hydroxyl groups excluding tert-OH is 1. The number of anilines is 1. The number of benzene rings is 2. The van der Waals surface area contributed by atoms with Gasteiger partial charge in [-0.25, -0.2) is 0 Å². The van der Waals surface area contributed by atoms with Crippen molar-refractivity contribution >= 4 is 11.4 Å². The van der Waals surface area contributed by atoms with Crippen LogP contribution in [0.1, 0.15) is 30.6 Å². The number of aliphatic hydroxyl groups is 1. The predicted octanol–water partition coefficient (Wildman–Crippen LogP) is 3.39. The maximum Gasteiger partial charge on any atom is 0.287 e. The topological polar surface area (TPSA) is 99.2 Å². The van der Waals surface area contributed by atoms with Gasteiger partial charge in [-0.3, -0.25) is 10.1 Å². The molecule has 0 radical (unpaired) electrons. The number of hydrogen-bond donors (Lipinski definition) is 2. The fraction of sp³-hybridized carbons (Fsp3) is 0.235. The molecule has 0 aromatic heterocycles. The van der Waals surface area contributed by atoms with E-state index in [-0.39, 0.29) is 17.3 Å². The largest absolute Gasteiger partial charge is 0.388 e. The van der Waals surface area contributed by atoms with Crippen molar-refractivity contribution in [3.05, 3.63) is 69.8 Å². The van der Waals surface area contributed by atoms with Gasteiger partial charge in [0.2, 0.25) is 0 Å². The van der Waals surface area contributed by atoms with Crippen molar-refractivity contribution in [2.24, 2.45) is 0 Å². The first kappa shape index (κ1) is 16.5. The zero-order valence-corrected chi connectivity index (χ0v) is 12.6. The van der Waals surface area contributed by atoms with Crippen LogP contribution in [0.4, 0.5) is 11.4 Å². The third kappa shape index (κ3) is 4.28. The van der Waals surface area contributed by atoms with Crippen molar-refractivity contribution in [3.63, 3.8) is 0 Å². The lowest BCUT2D eigenvalue weighted by molar-refractivity contribution is -0.385. The van der Waals surface area contributed by atoms with E-state index in [1.54, 1.807) is 6.07 Å². The molecule has 0 amide bonds. The van der Waals surface area contributed by atoms with Gasteiger partial charge in [0.15, 0.2) is 0 Å². The summed E-state index contributed by atoms with van der Waals surface area (Å²) < 4.78 is 0. The molecule has 2 rings (SSSR count). The molecule has 0 aliphatic carbocycles. The summed E-state index contributed by atoms with van der Waals surface area (Å²) in [6.07, 6.45) is -0.129. The van der Waals surface area contributed by atoms with E-state index >= 15 is 0 Å². The zero-order valence-electron chi connectivity index (χ0n) is 12.6. The lowest BCUT2D eigenvalue weighted by Crippen LogP contribution is -2.18. The van der Waals surface area contributed by atoms with Crippen molar-refractivity contribution in [3.8, 4) is 6.07 Å². The molecule has 23 heavy (non-hydrogen) atoms. The first-order chi connectivity index (χ1) is 11.0. The zero-order chi connectivity index (χ0) is 16.8. The first-order valence-corrected chi connectivity index (χ1v) is 7.19. The minimum absolute atomic E-state index is 0.0100. The molecule has 0 fully saturated rings. The molecule has 0 unspecified atom stereocenters. The lowest BCUT2D eigenvalue weighted by Gasteiger charge is -2.19. The summed E-state index contributed by atoms with van der Waals surface area (Å²) in [5, 5.41) is 33.2. The molecule has 2 N–H and O–H groups in total. The van der Waals surface area contributed by atoms with Crippen LogP contribution < -0.4 is 5.32 Å². The second-order valence-corrected chi connectivity index (χ2v) is 5.31. The minimum Gasteiger partial charge on any atom is -0.388 e. The molecule has 2 aromatic carbocycles. The number of nitro benzene ring substituents is 1. The molecule has 6 heteroatoms. The number of nitrogens with one attached hydrogen (secondary N) is 1. The van der Waals surface area contributed by atoms with Crippen molar-refractivity contribution in [1.29, 1.82) is 5.26 Å². The summed E-state index contributed by atoms with van der Waals surface area (Å²) in [6, 6.07) is 15.4. The van der Waals surface area contributed by atoms with Gasteiger partial charge in [0.25, 0.3) is 5.69 Å². The lowest BCUT2D eigenvalue weighted by atomic mass is 10.0. The average Bonchev–Trinajstić information content (AvgIpc) is 2.55. The fourth-order valence-electron chi connectivity index (χ4n) is 2.36. The molecule has 0 saturated heterocycles. The van der Waals surface area contributed by atoms with E-state index in [2.05, 4.69) is 5.32 Å². The van der Waals surface area contributed by atoms with Crippen LogP contribution in [0.3, 0.4) is 0 Å². The molecule has 0 spiro atoms. The highest BCUT2D eigenvalue weighted by Crippen LogP contribution is 2.24. The normalized spacial score (nSPS) is 12.9. The van der Waals surface area contributed by atoms with Gasteiger partial charge >= 0.3 is 0 Å². The van der Waals surface area contributed by atoms with Gasteiger partial charge in [0, 0.05) is 17.8 Å². The van der Waals surface area contributed by atoms with Crippen LogP contribution in [0.15, 0.2) is 48.5 Å². The van der Waals surface area contributed by atoms with E-state index in [1.165, 1.54) is 12.1 Å². The maximum atomic E-state index is 10.8. The van der Waals surface area contributed by atoms with E-state index in [0.717, 1.165) is 5.56 Å². The summed E-state index contributed by atoms with van der Waals surface area (Å²) >= 11 is 0. The molecular formula is C17H17N3O3. The third-order valence-corrected chi connectivity index (χ3v) is 3.49. The van der Waals surface area contributed by atoms with Crippen LogP contribution in [0.2, 0.25) is 0 Å². The van der Waals surface area contributed by atoms with Crippen LogP contribution in [0.5, 0.6) is 0 Å². The van der Waals surface area contributed by atoms with E-state index in [4.69, 9.17) is 5.26 Å². The van der Waals surface area contributed by atoms with Gasteiger partial charge < -0.3 is 10.4 Å². The monoisotopic (exact) mass is 311 g/mol.